The first-order chi connectivity index (χ1) is 28.2. The maximum atomic E-state index is 9.94. The highest BCUT2D eigenvalue weighted by atomic mass is 35.5. The molecule has 4 aromatic heterocycles. The molecule has 0 aliphatic rings. The van der Waals surface area contributed by atoms with Gasteiger partial charge < -0.3 is 28.7 Å². The summed E-state index contributed by atoms with van der Waals surface area (Å²) < 4.78 is 25.1. The second-order valence-corrected chi connectivity index (χ2v) is 20.3. The molecule has 0 aromatic carbocycles. The summed E-state index contributed by atoms with van der Waals surface area (Å²) in [5.41, 5.74) is 0. The van der Waals surface area contributed by atoms with Crippen molar-refractivity contribution in [3.63, 3.8) is 0 Å². The highest BCUT2D eigenvalue weighted by molar-refractivity contribution is 7.76. The van der Waals surface area contributed by atoms with Gasteiger partial charge in [-0.3, -0.25) is 0 Å². The van der Waals surface area contributed by atoms with E-state index in [9.17, 15) is 28.7 Å². The number of hydrogen-bond donors (Lipinski definition) is 0. The molecule has 4 heterocycles. The Morgan fingerprint density at radius 3 is 0.678 bits per heavy atom. The van der Waals surface area contributed by atoms with Crippen molar-refractivity contribution in [2.24, 2.45) is 0 Å². The first kappa shape index (κ1) is 56.5. The van der Waals surface area contributed by atoms with Crippen molar-refractivity contribution in [2.45, 2.75) is 160 Å². The molecule has 0 saturated heterocycles. The second kappa shape index (κ2) is 36.2. The summed E-state index contributed by atoms with van der Waals surface area (Å²) in [6.45, 7) is 13.7. The molecule has 0 aliphatic carbocycles. The third kappa shape index (κ3) is 31.1. The lowest BCUT2D eigenvalue weighted by Crippen LogP contribution is -2.37. The lowest BCUT2D eigenvalue weighted by molar-refractivity contribution is -0.697. The van der Waals surface area contributed by atoms with Crippen LogP contribution < -0.4 is 37.8 Å². The highest BCUT2D eigenvalue weighted by Crippen LogP contribution is 2.66. The Morgan fingerprint density at radius 1 is 0.356 bits per heavy atom. The van der Waals surface area contributed by atoms with Crippen molar-refractivity contribution in [3.05, 3.63) is 122 Å². The van der Waals surface area contributed by atoms with Crippen LogP contribution in [-0.2, 0) is 35.3 Å². The Hall–Kier alpha value is -2.52. The molecule has 332 valence electrons. The van der Waals surface area contributed by atoms with Crippen LogP contribution in [0.4, 0.5) is 0 Å². The van der Waals surface area contributed by atoms with Gasteiger partial charge in [0.25, 0.3) is 0 Å². The van der Waals surface area contributed by atoms with Gasteiger partial charge in [0.05, 0.1) is 0 Å². The fraction of sp³-hybridized carbons (Fsp3) is 0.556. The van der Waals surface area contributed by atoms with Crippen LogP contribution in [0.15, 0.2) is 122 Å². The van der Waals surface area contributed by atoms with Crippen molar-refractivity contribution in [3.8, 4) is 0 Å². The molecule has 0 fully saturated rings. The minimum Gasteiger partial charge on any atom is -0.808 e. The van der Waals surface area contributed by atoms with E-state index in [1.807, 2.05) is 0 Å². The van der Waals surface area contributed by atoms with Crippen molar-refractivity contribution in [1.29, 1.82) is 0 Å². The van der Waals surface area contributed by atoms with Crippen LogP contribution in [0.1, 0.15) is 130 Å². The third-order valence-corrected chi connectivity index (χ3v) is 14.1. The molecule has 0 aliphatic heterocycles. The molecule has 0 radical (unpaired) electrons. The zero-order valence-electron chi connectivity index (χ0n) is 36.1. The molecule has 0 N–H and O–H groups in total. The smallest absolute Gasteiger partial charge is 0.169 e. The van der Waals surface area contributed by atoms with Gasteiger partial charge in [0.15, 0.2) is 53.4 Å². The second-order valence-electron chi connectivity index (χ2n) is 14.2. The van der Waals surface area contributed by atoms with Gasteiger partial charge in [-0.25, -0.2) is 18.3 Å². The van der Waals surface area contributed by atoms with Gasteiger partial charge >= 0.3 is 0 Å². The number of pyridine rings is 4. The van der Waals surface area contributed by atoms with E-state index in [0.29, 0.717) is 0 Å². The number of alkyl halides is 2. The SMILES string of the molecule is CCCCCC[n+]1ccccc1.CCCCCC[n+]1ccccc1.CCCCCC[n+]1ccccc1.CCCCCC[n+]1ccccc1.O=P([O-])([O-])C(Cl)(Cl)P(=O)([O-])[O-]. The molecular weight excluding hydrogens is 825 g/mol. The van der Waals surface area contributed by atoms with Crippen LogP contribution in [0.3, 0.4) is 0 Å². The molecule has 14 heteroatoms. The van der Waals surface area contributed by atoms with Gasteiger partial charge in [0.1, 0.15) is 26.2 Å². The summed E-state index contributed by atoms with van der Waals surface area (Å²) in [5.74, 6) is 0. The molecular formula is C45H72Cl2N4O6P2. The average molecular weight is 898 g/mol. The summed E-state index contributed by atoms with van der Waals surface area (Å²) in [6, 6.07) is 24.9. The van der Waals surface area contributed by atoms with Gasteiger partial charge in [0, 0.05) is 74.2 Å². The van der Waals surface area contributed by atoms with E-state index in [2.05, 4.69) is 192 Å². The van der Waals surface area contributed by atoms with Crippen molar-refractivity contribution < 1.29 is 47.0 Å². The Labute approximate surface area is 366 Å². The molecule has 0 bridgehead atoms. The topological polar surface area (TPSA) is 142 Å². The monoisotopic (exact) mass is 896 g/mol. The number of aryl methyl sites for hydroxylation is 4. The Bertz CT molecular complexity index is 1390. The minimum atomic E-state index is -5.85. The standard InChI is InChI=1S/4C11H18N.CH4Cl2O6P2/c4*1-2-3-4-6-9-12-10-7-5-8-11-12;2-1(3,10(4,5)6)11(7,8)9/h4*5,7-8,10-11H,2-4,6,9H2,1H3;(H2,4,5,6)(H2,7,8,9)/q4*+1;/p-4. The van der Waals surface area contributed by atoms with Crippen LogP contribution in [0, 0.1) is 0 Å². The van der Waals surface area contributed by atoms with E-state index in [4.69, 9.17) is 0 Å². The number of aromatic nitrogens is 4. The van der Waals surface area contributed by atoms with Gasteiger partial charge in [-0.1, -0.05) is 127 Å². The molecule has 0 saturated carbocycles. The van der Waals surface area contributed by atoms with Crippen molar-refractivity contribution >= 4 is 38.4 Å². The Balaban J connectivity index is 0.000000713. The minimum absolute atomic E-state index is 1.17. The van der Waals surface area contributed by atoms with Gasteiger partial charge in [-0.15, -0.1) is 0 Å². The van der Waals surface area contributed by atoms with Crippen molar-refractivity contribution in [1.82, 2.24) is 0 Å². The van der Waals surface area contributed by atoms with E-state index in [1.54, 1.807) is 0 Å². The molecule has 0 spiro atoms. The van der Waals surface area contributed by atoms with Gasteiger partial charge in [0.2, 0.25) is 0 Å². The van der Waals surface area contributed by atoms with Crippen LogP contribution in [-0.4, -0.2) is 3.82 Å². The first-order valence-corrected chi connectivity index (χ1v) is 25.3. The van der Waals surface area contributed by atoms with Crippen LogP contribution in [0.5, 0.6) is 0 Å². The zero-order valence-corrected chi connectivity index (χ0v) is 39.4. The highest BCUT2D eigenvalue weighted by Gasteiger charge is 2.32. The summed E-state index contributed by atoms with van der Waals surface area (Å²) in [7, 11) is -11.7. The molecule has 0 amide bonds. The average Bonchev–Trinajstić information content (AvgIpc) is 3.23. The molecule has 10 nitrogen and oxygen atoms in total. The van der Waals surface area contributed by atoms with Crippen LogP contribution >= 0.6 is 38.4 Å². The number of halogens is 2. The molecule has 4 aromatic rings. The lowest BCUT2D eigenvalue weighted by atomic mass is 10.2. The normalized spacial score (nSPS) is 11.0. The fourth-order valence-corrected chi connectivity index (χ4v) is 6.57. The summed E-state index contributed by atoms with van der Waals surface area (Å²) in [6.07, 6.45) is 38.5. The largest absolute Gasteiger partial charge is 0.808 e. The first-order valence-electron chi connectivity index (χ1n) is 21.4. The summed E-state index contributed by atoms with van der Waals surface area (Å²) in [4.78, 5) is 39.7. The predicted molar refractivity (Wildman–Crippen MR) is 233 cm³/mol. The predicted octanol–water partition coefficient (Wildman–Crippen LogP) is 8.12. The Morgan fingerprint density at radius 2 is 0.542 bits per heavy atom. The summed E-state index contributed by atoms with van der Waals surface area (Å²) in [5, 5.41) is 0. The zero-order chi connectivity index (χ0) is 44.1. The quantitative estimate of drug-likeness (QED) is 0.0338. The van der Waals surface area contributed by atoms with E-state index >= 15 is 0 Å². The summed E-state index contributed by atoms with van der Waals surface area (Å²) >= 11 is 8.96. The van der Waals surface area contributed by atoms with Gasteiger partial charge in [-0.2, -0.15) is 0 Å². The van der Waals surface area contributed by atoms with Crippen LogP contribution in [0.25, 0.3) is 0 Å². The van der Waals surface area contributed by atoms with Crippen LogP contribution in [0.2, 0.25) is 0 Å². The van der Waals surface area contributed by atoms with Crippen molar-refractivity contribution in [2.75, 3.05) is 0 Å². The molecule has 59 heavy (non-hydrogen) atoms. The van der Waals surface area contributed by atoms with E-state index in [1.165, 1.54) is 129 Å². The number of rotatable bonds is 22. The van der Waals surface area contributed by atoms with Gasteiger partial charge in [-0.05, 0) is 40.9 Å². The third-order valence-electron chi connectivity index (χ3n) is 8.85. The molecule has 0 unspecified atom stereocenters. The van der Waals surface area contributed by atoms with E-state index in [0.717, 1.165) is 0 Å². The van der Waals surface area contributed by atoms with E-state index < -0.39 is 19.0 Å². The maximum absolute atomic E-state index is 9.94. The fourth-order valence-electron chi connectivity index (χ4n) is 5.37. The number of nitrogens with zero attached hydrogens (tertiary/aromatic N) is 4. The maximum Gasteiger partial charge on any atom is 0.169 e. The Kier molecular flexibility index (Phi) is 34.6. The lowest BCUT2D eigenvalue weighted by Gasteiger charge is -2.51. The van der Waals surface area contributed by atoms with E-state index in [-0.39, 0.29) is 0 Å². The molecule has 4 rings (SSSR count). The number of hydrogen-bond acceptors (Lipinski definition) is 6. The molecule has 0 atom stereocenters. The number of unbranched alkanes of at least 4 members (excludes halogenated alkanes) is 12.